The van der Waals surface area contributed by atoms with Crippen LogP contribution in [0.5, 0.6) is 0 Å². The molecular formula is C13H17NO3. The number of nitrogens with one attached hydrogen (secondary N) is 1. The molecule has 1 saturated carbocycles. The average molecular weight is 235 g/mol. The van der Waals surface area contributed by atoms with E-state index in [0.29, 0.717) is 12.1 Å². The molecule has 1 aromatic rings. The molecule has 0 radical (unpaired) electrons. The molecule has 0 saturated heterocycles. The fraction of sp³-hybridized carbons (Fsp3) is 0.462. The van der Waals surface area contributed by atoms with Crippen molar-refractivity contribution in [3.8, 4) is 0 Å². The number of benzene rings is 1. The zero-order valence-electron chi connectivity index (χ0n) is 9.60. The van der Waals surface area contributed by atoms with E-state index < -0.39 is 17.6 Å². The van der Waals surface area contributed by atoms with Gasteiger partial charge in [-0.1, -0.05) is 30.3 Å². The summed E-state index contributed by atoms with van der Waals surface area (Å²) in [7, 11) is 0. The van der Waals surface area contributed by atoms with E-state index in [9.17, 15) is 15.0 Å². The first-order valence-electron chi connectivity index (χ1n) is 5.84. The molecule has 1 aliphatic rings. The van der Waals surface area contributed by atoms with Crippen molar-refractivity contribution in [1.82, 2.24) is 5.32 Å². The van der Waals surface area contributed by atoms with E-state index in [4.69, 9.17) is 0 Å². The first kappa shape index (κ1) is 12.1. The van der Waals surface area contributed by atoms with E-state index in [1.807, 2.05) is 18.2 Å². The smallest absolute Gasteiger partial charge is 0.325 e. The van der Waals surface area contributed by atoms with E-state index in [2.05, 4.69) is 5.32 Å². The number of rotatable bonds is 5. The molecule has 0 aromatic heterocycles. The quantitative estimate of drug-likeness (QED) is 0.720. The SMILES string of the molecule is O=C(O)C(NCC1(O)CCC1)c1ccccc1. The molecule has 0 heterocycles. The summed E-state index contributed by atoms with van der Waals surface area (Å²) in [6.07, 6.45) is 2.52. The van der Waals surface area contributed by atoms with E-state index in [0.717, 1.165) is 19.3 Å². The van der Waals surface area contributed by atoms with Crippen molar-refractivity contribution >= 4 is 5.97 Å². The largest absolute Gasteiger partial charge is 0.480 e. The van der Waals surface area contributed by atoms with Crippen LogP contribution in [0.1, 0.15) is 30.9 Å². The number of carbonyl (C=O) groups is 1. The second-order valence-corrected chi connectivity index (χ2v) is 4.64. The van der Waals surface area contributed by atoms with Crippen molar-refractivity contribution in [3.63, 3.8) is 0 Å². The van der Waals surface area contributed by atoms with Gasteiger partial charge < -0.3 is 10.2 Å². The topological polar surface area (TPSA) is 69.6 Å². The molecule has 0 bridgehead atoms. The number of carboxylic acids is 1. The minimum absolute atomic E-state index is 0.332. The van der Waals surface area contributed by atoms with Crippen LogP contribution in [0.25, 0.3) is 0 Å². The first-order valence-corrected chi connectivity index (χ1v) is 5.84. The van der Waals surface area contributed by atoms with Crippen LogP contribution in [0, 0.1) is 0 Å². The van der Waals surface area contributed by atoms with Crippen LogP contribution in [0.4, 0.5) is 0 Å². The minimum Gasteiger partial charge on any atom is -0.480 e. The van der Waals surface area contributed by atoms with Crippen molar-refractivity contribution in [2.75, 3.05) is 6.54 Å². The lowest BCUT2D eigenvalue weighted by Gasteiger charge is -2.37. The summed E-state index contributed by atoms with van der Waals surface area (Å²) >= 11 is 0. The van der Waals surface area contributed by atoms with Crippen LogP contribution >= 0.6 is 0 Å². The second-order valence-electron chi connectivity index (χ2n) is 4.64. The van der Waals surface area contributed by atoms with Gasteiger partial charge in [-0.3, -0.25) is 10.1 Å². The van der Waals surface area contributed by atoms with E-state index in [-0.39, 0.29) is 0 Å². The van der Waals surface area contributed by atoms with Crippen LogP contribution in [0.15, 0.2) is 30.3 Å². The number of carboxylic acid groups (broad SMARTS) is 1. The van der Waals surface area contributed by atoms with Gasteiger partial charge >= 0.3 is 5.97 Å². The summed E-state index contributed by atoms with van der Waals surface area (Å²) in [6, 6.07) is 8.27. The molecular weight excluding hydrogens is 218 g/mol. The Morgan fingerprint density at radius 2 is 2.00 bits per heavy atom. The van der Waals surface area contributed by atoms with Gasteiger partial charge in [0, 0.05) is 6.54 Å². The van der Waals surface area contributed by atoms with Gasteiger partial charge in [0.15, 0.2) is 0 Å². The highest BCUT2D eigenvalue weighted by atomic mass is 16.4. The number of aliphatic carboxylic acids is 1. The fourth-order valence-electron chi connectivity index (χ4n) is 2.05. The summed E-state index contributed by atoms with van der Waals surface area (Å²) in [6.45, 7) is 0.332. The summed E-state index contributed by atoms with van der Waals surface area (Å²) in [5.41, 5.74) is 0.00517. The molecule has 3 N–H and O–H groups in total. The Bertz CT molecular complexity index is 387. The highest BCUT2D eigenvalue weighted by Gasteiger charge is 2.35. The normalized spacial score (nSPS) is 19.4. The molecule has 0 aliphatic heterocycles. The maximum atomic E-state index is 11.2. The van der Waals surface area contributed by atoms with Crippen LogP contribution < -0.4 is 5.32 Å². The zero-order chi connectivity index (χ0) is 12.3. The molecule has 92 valence electrons. The number of hydrogen-bond donors (Lipinski definition) is 3. The Hall–Kier alpha value is -1.39. The summed E-state index contributed by atoms with van der Waals surface area (Å²) < 4.78 is 0. The predicted molar refractivity (Wildman–Crippen MR) is 63.6 cm³/mol. The number of hydrogen-bond acceptors (Lipinski definition) is 3. The van der Waals surface area contributed by atoms with Crippen molar-refractivity contribution in [1.29, 1.82) is 0 Å². The molecule has 0 amide bonds. The molecule has 1 aliphatic carbocycles. The van der Waals surface area contributed by atoms with Crippen LogP contribution in [-0.2, 0) is 4.79 Å². The molecule has 2 rings (SSSR count). The average Bonchev–Trinajstić information content (AvgIpc) is 2.28. The van der Waals surface area contributed by atoms with E-state index in [1.54, 1.807) is 12.1 Å². The third-order valence-electron chi connectivity index (χ3n) is 3.30. The van der Waals surface area contributed by atoms with E-state index >= 15 is 0 Å². The Balaban J connectivity index is 2.01. The van der Waals surface area contributed by atoms with Gasteiger partial charge in [-0.05, 0) is 24.8 Å². The molecule has 0 spiro atoms. The lowest BCUT2D eigenvalue weighted by molar-refractivity contribution is -0.140. The summed E-state index contributed by atoms with van der Waals surface area (Å²) in [5, 5.41) is 22.0. The lowest BCUT2D eigenvalue weighted by atomic mass is 9.80. The van der Waals surface area contributed by atoms with Crippen LogP contribution in [0.3, 0.4) is 0 Å². The highest BCUT2D eigenvalue weighted by molar-refractivity contribution is 5.75. The van der Waals surface area contributed by atoms with Crippen LogP contribution in [-0.4, -0.2) is 28.3 Å². The third-order valence-corrected chi connectivity index (χ3v) is 3.30. The fourth-order valence-corrected chi connectivity index (χ4v) is 2.05. The zero-order valence-corrected chi connectivity index (χ0v) is 9.60. The standard InChI is InChI=1S/C13H17NO3/c15-12(16)11(10-5-2-1-3-6-10)14-9-13(17)7-4-8-13/h1-3,5-6,11,14,17H,4,7-9H2,(H,15,16). The molecule has 17 heavy (non-hydrogen) atoms. The van der Waals surface area contributed by atoms with Gasteiger partial charge in [-0.25, -0.2) is 0 Å². The van der Waals surface area contributed by atoms with Crippen molar-refractivity contribution in [2.24, 2.45) is 0 Å². The van der Waals surface area contributed by atoms with Crippen molar-refractivity contribution in [3.05, 3.63) is 35.9 Å². The lowest BCUT2D eigenvalue weighted by Crippen LogP contribution is -2.48. The van der Waals surface area contributed by atoms with Gasteiger partial charge in [-0.15, -0.1) is 0 Å². The van der Waals surface area contributed by atoms with Gasteiger partial charge in [0.25, 0.3) is 0 Å². The Morgan fingerprint density at radius 3 is 2.47 bits per heavy atom. The molecule has 1 fully saturated rings. The second kappa shape index (κ2) is 4.85. The van der Waals surface area contributed by atoms with E-state index in [1.165, 1.54) is 0 Å². The highest BCUT2D eigenvalue weighted by Crippen LogP contribution is 2.31. The maximum absolute atomic E-state index is 11.2. The Kier molecular flexibility index (Phi) is 3.45. The maximum Gasteiger partial charge on any atom is 0.325 e. The van der Waals surface area contributed by atoms with Gasteiger partial charge in [0.05, 0.1) is 5.60 Å². The minimum atomic E-state index is -0.917. The number of aliphatic hydroxyl groups is 1. The summed E-state index contributed by atoms with van der Waals surface area (Å²) in [5.74, 6) is -0.917. The predicted octanol–water partition coefficient (Wildman–Crippen LogP) is 1.32. The Morgan fingerprint density at radius 1 is 1.35 bits per heavy atom. The molecule has 4 heteroatoms. The molecule has 1 aromatic carbocycles. The summed E-state index contributed by atoms with van der Waals surface area (Å²) in [4.78, 5) is 11.2. The first-order chi connectivity index (χ1) is 8.11. The monoisotopic (exact) mass is 235 g/mol. The molecule has 1 atom stereocenters. The van der Waals surface area contributed by atoms with Gasteiger partial charge in [-0.2, -0.15) is 0 Å². The van der Waals surface area contributed by atoms with Gasteiger partial charge in [0.1, 0.15) is 6.04 Å². The van der Waals surface area contributed by atoms with Crippen molar-refractivity contribution in [2.45, 2.75) is 30.9 Å². The Labute approximate surface area is 100 Å². The van der Waals surface area contributed by atoms with Crippen LogP contribution in [0.2, 0.25) is 0 Å². The van der Waals surface area contributed by atoms with Gasteiger partial charge in [0.2, 0.25) is 0 Å². The molecule has 1 unspecified atom stereocenters. The van der Waals surface area contributed by atoms with Crippen molar-refractivity contribution < 1.29 is 15.0 Å². The third kappa shape index (κ3) is 2.84. The molecule has 4 nitrogen and oxygen atoms in total.